The largest absolute Gasteiger partial charge is 0.508 e. The molecule has 6 nitrogen and oxygen atoms in total. The summed E-state index contributed by atoms with van der Waals surface area (Å²) in [5, 5.41) is 9.31. The van der Waals surface area contributed by atoms with E-state index in [1.165, 1.54) is 21.9 Å². The van der Waals surface area contributed by atoms with Crippen LogP contribution >= 0.6 is 15.9 Å². The first-order valence-electron chi connectivity index (χ1n) is 8.10. The maximum atomic E-state index is 12.4. The van der Waals surface area contributed by atoms with Crippen LogP contribution in [0.25, 0.3) is 0 Å². The second kappa shape index (κ2) is 7.29. The number of phenolic OH excluding ortho intramolecular Hbond substituents is 1. The van der Waals surface area contributed by atoms with Gasteiger partial charge in [0.1, 0.15) is 5.75 Å². The third-order valence-electron chi connectivity index (χ3n) is 4.32. The Morgan fingerprint density at radius 2 is 1.73 bits per heavy atom. The maximum Gasteiger partial charge on any atom is 0.261 e. The second-order valence-corrected chi connectivity index (χ2v) is 6.94. The van der Waals surface area contributed by atoms with Crippen molar-refractivity contribution in [2.45, 2.75) is 12.8 Å². The Bertz CT molecular complexity index is 880. The fraction of sp³-hybridized carbons (Fsp3) is 0.211. The van der Waals surface area contributed by atoms with Gasteiger partial charge in [-0.25, -0.2) is 0 Å². The molecule has 1 aliphatic heterocycles. The molecule has 0 fully saturated rings. The number of hydrogen-bond acceptors (Lipinski definition) is 4. The predicted octanol–water partition coefficient (Wildman–Crippen LogP) is 3.19. The number of hydrogen-bond donors (Lipinski definition) is 1. The van der Waals surface area contributed by atoms with Gasteiger partial charge < -0.3 is 10.0 Å². The quantitative estimate of drug-likeness (QED) is 0.759. The third-order valence-corrected chi connectivity index (χ3v) is 4.81. The number of fused-ring (bicyclic) bond motifs is 1. The molecule has 1 aliphatic rings. The standard InChI is InChI=1S/C19H17BrN2O4/c1-21(13-5-7-14(23)8-6-13)17(24)3-2-10-22-18(25)15-9-4-12(20)11-16(15)19(22)26/h4-9,11,23H,2-3,10H2,1H3. The summed E-state index contributed by atoms with van der Waals surface area (Å²) in [6.45, 7) is 0.194. The fourth-order valence-electron chi connectivity index (χ4n) is 2.84. The number of amides is 3. The molecule has 2 aromatic rings. The number of anilines is 1. The monoisotopic (exact) mass is 416 g/mol. The summed E-state index contributed by atoms with van der Waals surface area (Å²) in [5.41, 5.74) is 1.45. The summed E-state index contributed by atoms with van der Waals surface area (Å²) in [7, 11) is 1.65. The molecule has 3 amide bonds. The number of aromatic hydroxyl groups is 1. The van der Waals surface area contributed by atoms with Crippen molar-refractivity contribution in [1.29, 1.82) is 0 Å². The van der Waals surface area contributed by atoms with Crippen LogP contribution in [0.4, 0.5) is 5.69 Å². The summed E-state index contributed by atoms with van der Waals surface area (Å²) in [4.78, 5) is 39.7. The molecule has 0 aliphatic carbocycles. The van der Waals surface area contributed by atoms with E-state index < -0.39 is 0 Å². The molecule has 0 aromatic heterocycles. The number of carbonyl (C=O) groups excluding carboxylic acids is 3. The normalized spacial score (nSPS) is 13.1. The van der Waals surface area contributed by atoms with E-state index in [1.807, 2.05) is 0 Å². The van der Waals surface area contributed by atoms with E-state index in [0.717, 1.165) is 4.47 Å². The van der Waals surface area contributed by atoms with E-state index in [1.54, 1.807) is 37.4 Å². The highest BCUT2D eigenvalue weighted by molar-refractivity contribution is 9.10. The van der Waals surface area contributed by atoms with Gasteiger partial charge in [0.2, 0.25) is 5.91 Å². The number of phenols is 1. The number of halogens is 1. The van der Waals surface area contributed by atoms with Crippen LogP contribution < -0.4 is 4.90 Å². The van der Waals surface area contributed by atoms with Gasteiger partial charge in [-0.1, -0.05) is 15.9 Å². The molecule has 0 saturated carbocycles. The number of benzene rings is 2. The van der Waals surface area contributed by atoms with Crippen molar-refractivity contribution in [3.8, 4) is 5.75 Å². The molecule has 0 bridgehead atoms. The van der Waals surface area contributed by atoms with Gasteiger partial charge >= 0.3 is 0 Å². The Hall–Kier alpha value is -2.67. The van der Waals surface area contributed by atoms with Gasteiger partial charge in [0, 0.05) is 30.2 Å². The minimum absolute atomic E-state index is 0.130. The van der Waals surface area contributed by atoms with Crippen LogP contribution in [0, 0.1) is 0 Å². The lowest BCUT2D eigenvalue weighted by molar-refractivity contribution is -0.118. The van der Waals surface area contributed by atoms with E-state index in [2.05, 4.69) is 15.9 Å². The molecule has 1 heterocycles. The summed E-state index contributed by atoms with van der Waals surface area (Å²) in [6, 6.07) is 11.3. The van der Waals surface area contributed by atoms with Crippen molar-refractivity contribution in [2.75, 3.05) is 18.5 Å². The molecule has 0 unspecified atom stereocenters. The molecular formula is C19H17BrN2O4. The van der Waals surface area contributed by atoms with Gasteiger partial charge in [-0.05, 0) is 48.9 Å². The lowest BCUT2D eigenvalue weighted by atomic mass is 10.1. The van der Waals surface area contributed by atoms with E-state index in [0.29, 0.717) is 23.2 Å². The fourth-order valence-corrected chi connectivity index (χ4v) is 3.20. The zero-order valence-corrected chi connectivity index (χ0v) is 15.7. The Morgan fingerprint density at radius 3 is 2.42 bits per heavy atom. The highest BCUT2D eigenvalue weighted by Gasteiger charge is 2.35. The van der Waals surface area contributed by atoms with Crippen molar-refractivity contribution in [2.24, 2.45) is 0 Å². The van der Waals surface area contributed by atoms with Crippen LogP contribution in [-0.2, 0) is 4.79 Å². The topological polar surface area (TPSA) is 77.9 Å². The Morgan fingerprint density at radius 1 is 1.08 bits per heavy atom. The van der Waals surface area contributed by atoms with Crippen molar-refractivity contribution < 1.29 is 19.5 Å². The van der Waals surface area contributed by atoms with Gasteiger partial charge in [0.25, 0.3) is 11.8 Å². The van der Waals surface area contributed by atoms with Gasteiger partial charge in [-0.2, -0.15) is 0 Å². The highest BCUT2D eigenvalue weighted by atomic mass is 79.9. The summed E-state index contributed by atoms with van der Waals surface area (Å²) in [6.07, 6.45) is 0.586. The lowest BCUT2D eigenvalue weighted by Gasteiger charge is -2.18. The zero-order valence-electron chi connectivity index (χ0n) is 14.1. The molecule has 134 valence electrons. The minimum Gasteiger partial charge on any atom is -0.508 e. The highest BCUT2D eigenvalue weighted by Crippen LogP contribution is 2.26. The van der Waals surface area contributed by atoms with E-state index in [-0.39, 0.29) is 36.4 Å². The minimum atomic E-state index is -0.328. The van der Waals surface area contributed by atoms with Crippen LogP contribution in [0.1, 0.15) is 33.6 Å². The average Bonchev–Trinajstić information content (AvgIpc) is 2.86. The Kier molecular flexibility index (Phi) is 5.08. The van der Waals surface area contributed by atoms with Crippen LogP contribution in [0.5, 0.6) is 5.75 Å². The Balaban J connectivity index is 1.58. The molecule has 0 radical (unpaired) electrons. The van der Waals surface area contributed by atoms with Crippen LogP contribution in [0.3, 0.4) is 0 Å². The molecule has 0 spiro atoms. The molecule has 3 rings (SSSR count). The first-order valence-corrected chi connectivity index (χ1v) is 8.89. The van der Waals surface area contributed by atoms with Crippen LogP contribution in [-0.4, -0.2) is 41.3 Å². The molecule has 26 heavy (non-hydrogen) atoms. The van der Waals surface area contributed by atoms with E-state index in [4.69, 9.17) is 0 Å². The second-order valence-electron chi connectivity index (χ2n) is 6.02. The summed E-state index contributed by atoms with van der Waals surface area (Å²) < 4.78 is 0.741. The van der Waals surface area contributed by atoms with Crippen molar-refractivity contribution in [1.82, 2.24) is 4.90 Å². The van der Waals surface area contributed by atoms with Gasteiger partial charge in [-0.15, -0.1) is 0 Å². The van der Waals surface area contributed by atoms with Crippen molar-refractivity contribution in [3.05, 3.63) is 58.1 Å². The molecular weight excluding hydrogens is 400 g/mol. The van der Waals surface area contributed by atoms with E-state index in [9.17, 15) is 19.5 Å². The van der Waals surface area contributed by atoms with E-state index >= 15 is 0 Å². The Labute approximate surface area is 159 Å². The van der Waals surface area contributed by atoms with Crippen LogP contribution in [0.15, 0.2) is 46.9 Å². The molecule has 1 N–H and O–H groups in total. The number of carbonyl (C=O) groups is 3. The molecule has 0 atom stereocenters. The molecule has 0 saturated heterocycles. The van der Waals surface area contributed by atoms with Gasteiger partial charge in [-0.3, -0.25) is 19.3 Å². The SMILES string of the molecule is CN(C(=O)CCCN1C(=O)c2ccc(Br)cc2C1=O)c1ccc(O)cc1. The van der Waals surface area contributed by atoms with Crippen molar-refractivity contribution in [3.63, 3.8) is 0 Å². The predicted molar refractivity (Wildman–Crippen MR) is 100 cm³/mol. The number of rotatable bonds is 5. The number of nitrogens with zero attached hydrogens (tertiary/aromatic N) is 2. The van der Waals surface area contributed by atoms with Gasteiger partial charge in [0.15, 0.2) is 0 Å². The van der Waals surface area contributed by atoms with Gasteiger partial charge in [0.05, 0.1) is 11.1 Å². The first-order chi connectivity index (χ1) is 12.4. The molecule has 2 aromatic carbocycles. The van der Waals surface area contributed by atoms with Crippen LogP contribution in [0.2, 0.25) is 0 Å². The molecule has 7 heteroatoms. The lowest BCUT2D eigenvalue weighted by Crippen LogP contribution is -2.32. The summed E-state index contributed by atoms with van der Waals surface area (Å²) >= 11 is 3.30. The first kappa shape index (κ1) is 18.1. The number of imide groups is 1. The average molecular weight is 417 g/mol. The zero-order chi connectivity index (χ0) is 18.8. The van der Waals surface area contributed by atoms with Crippen molar-refractivity contribution >= 4 is 39.3 Å². The third kappa shape index (κ3) is 3.48. The maximum absolute atomic E-state index is 12.4. The summed E-state index contributed by atoms with van der Waals surface area (Å²) in [5.74, 6) is -0.649. The smallest absolute Gasteiger partial charge is 0.261 e.